The van der Waals surface area contributed by atoms with Gasteiger partial charge in [-0.25, -0.2) is 8.42 Å². The second-order valence-corrected chi connectivity index (χ2v) is 9.42. The normalized spacial score (nSPS) is 15.5. The van der Waals surface area contributed by atoms with Gasteiger partial charge in [-0.05, 0) is 81.6 Å². The highest BCUT2D eigenvalue weighted by molar-refractivity contribution is 7.89. The predicted octanol–water partition coefficient (Wildman–Crippen LogP) is 3.83. The molecule has 0 atom stereocenters. The molecule has 0 bridgehead atoms. The van der Waals surface area contributed by atoms with E-state index in [1.807, 2.05) is 32.9 Å². The van der Waals surface area contributed by atoms with Gasteiger partial charge in [-0.1, -0.05) is 0 Å². The number of carbonyl (C=O) groups is 1. The number of ether oxygens (including phenoxy) is 2. The van der Waals surface area contributed by atoms with Crippen molar-refractivity contribution >= 4 is 21.6 Å². The number of amides is 1. The van der Waals surface area contributed by atoms with Gasteiger partial charge in [-0.2, -0.15) is 4.31 Å². The first-order valence-corrected chi connectivity index (χ1v) is 12.1. The number of hydrogen-bond donors (Lipinski definition) is 1. The number of hydrogen-bond acceptors (Lipinski definition) is 5. The first kappa shape index (κ1) is 23.1. The van der Waals surface area contributed by atoms with E-state index in [1.54, 1.807) is 30.3 Å². The molecule has 0 spiro atoms. The van der Waals surface area contributed by atoms with Crippen LogP contribution in [0.3, 0.4) is 0 Å². The largest absolute Gasteiger partial charge is 0.494 e. The van der Waals surface area contributed by atoms with Crippen LogP contribution in [0.4, 0.5) is 5.69 Å². The van der Waals surface area contributed by atoms with E-state index in [9.17, 15) is 13.2 Å². The van der Waals surface area contributed by atoms with E-state index < -0.39 is 10.0 Å². The van der Waals surface area contributed by atoms with Crippen molar-refractivity contribution in [3.05, 3.63) is 48.0 Å². The maximum absolute atomic E-state index is 13.0. The zero-order valence-corrected chi connectivity index (χ0v) is 19.1. The highest BCUT2D eigenvalue weighted by Gasteiger charge is 2.32. The topological polar surface area (TPSA) is 84.9 Å². The SMILES string of the molecule is CCOc1ccc(NC(=O)C2CCN(S(=O)(=O)c3ccc(OCC)c(C)c3)CC2)cc1. The van der Waals surface area contributed by atoms with Crippen molar-refractivity contribution in [3.8, 4) is 11.5 Å². The van der Waals surface area contributed by atoms with E-state index in [-0.39, 0.29) is 16.7 Å². The number of piperidine rings is 1. The lowest BCUT2D eigenvalue weighted by atomic mass is 9.97. The Morgan fingerprint density at radius 3 is 2.26 bits per heavy atom. The zero-order chi connectivity index (χ0) is 22.4. The van der Waals surface area contributed by atoms with Crippen LogP contribution in [0.15, 0.2) is 47.4 Å². The monoisotopic (exact) mass is 446 g/mol. The Morgan fingerprint density at radius 1 is 1.03 bits per heavy atom. The van der Waals surface area contributed by atoms with Gasteiger partial charge in [0, 0.05) is 24.7 Å². The van der Waals surface area contributed by atoms with Crippen LogP contribution in [-0.2, 0) is 14.8 Å². The molecule has 3 rings (SSSR count). The Morgan fingerprint density at radius 2 is 1.68 bits per heavy atom. The van der Waals surface area contributed by atoms with Crippen molar-refractivity contribution in [2.24, 2.45) is 5.92 Å². The smallest absolute Gasteiger partial charge is 0.243 e. The molecular formula is C23H30N2O5S. The fraction of sp³-hybridized carbons (Fsp3) is 0.435. The standard InChI is InChI=1S/C23H30N2O5S/c1-4-29-20-8-6-19(7-9-20)24-23(26)18-12-14-25(15-13-18)31(27,28)21-10-11-22(30-5-2)17(3)16-21/h6-11,16,18H,4-5,12-15H2,1-3H3,(H,24,26). The first-order chi connectivity index (χ1) is 14.8. The summed E-state index contributed by atoms with van der Waals surface area (Å²) in [6.45, 7) is 7.38. The first-order valence-electron chi connectivity index (χ1n) is 10.6. The molecule has 1 aliphatic rings. The second-order valence-electron chi connectivity index (χ2n) is 7.49. The number of anilines is 1. The quantitative estimate of drug-likeness (QED) is 0.666. The predicted molar refractivity (Wildman–Crippen MR) is 120 cm³/mol. The molecule has 2 aromatic rings. The second kappa shape index (κ2) is 10.2. The molecule has 31 heavy (non-hydrogen) atoms. The number of rotatable bonds is 8. The fourth-order valence-corrected chi connectivity index (χ4v) is 5.21. The number of carbonyl (C=O) groups excluding carboxylic acids is 1. The van der Waals surface area contributed by atoms with Gasteiger partial charge in [0.15, 0.2) is 0 Å². The van der Waals surface area contributed by atoms with Crippen LogP contribution in [0.5, 0.6) is 11.5 Å². The van der Waals surface area contributed by atoms with Gasteiger partial charge in [0.1, 0.15) is 11.5 Å². The van der Waals surface area contributed by atoms with E-state index in [2.05, 4.69) is 5.32 Å². The fourth-order valence-electron chi connectivity index (χ4n) is 3.65. The Hall–Kier alpha value is -2.58. The minimum absolute atomic E-state index is 0.0851. The van der Waals surface area contributed by atoms with Gasteiger partial charge >= 0.3 is 0 Å². The summed E-state index contributed by atoms with van der Waals surface area (Å²) in [6.07, 6.45) is 0.968. The number of sulfonamides is 1. The lowest BCUT2D eigenvalue weighted by molar-refractivity contribution is -0.120. The maximum Gasteiger partial charge on any atom is 0.243 e. The van der Waals surface area contributed by atoms with E-state index in [4.69, 9.17) is 9.47 Å². The van der Waals surface area contributed by atoms with E-state index >= 15 is 0 Å². The Labute approximate surface area is 184 Å². The van der Waals surface area contributed by atoms with E-state index in [0.29, 0.717) is 50.6 Å². The summed E-state index contributed by atoms with van der Waals surface area (Å²) in [5.74, 6) is 1.13. The highest BCUT2D eigenvalue weighted by Crippen LogP contribution is 2.28. The Balaban J connectivity index is 1.59. The average molecular weight is 447 g/mol. The molecule has 168 valence electrons. The van der Waals surface area contributed by atoms with Crippen LogP contribution < -0.4 is 14.8 Å². The lowest BCUT2D eigenvalue weighted by Gasteiger charge is -2.30. The summed E-state index contributed by atoms with van der Waals surface area (Å²) < 4.78 is 38.4. The van der Waals surface area contributed by atoms with Crippen LogP contribution in [0.25, 0.3) is 0 Å². The van der Waals surface area contributed by atoms with Crippen molar-refractivity contribution in [1.29, 1.82) is 0 Å². The van der Waals surface area contributed by atoms with Crippen LogP contribution in [0.1, 0.15) is 32.3 Å². The molecule has 2 aromatic carbocycles. The van der Waals surface area contributed by atoms with Crippen molar-refractivity contribution in [2.45, 2.75) is 38.5 Å². The van der Waals surface area contributed by atoms with Gasteiger partial charge < -0.3 is 14.8 Å². The van der Waals surface area contributed by atoms with Crippen LogP contribution in [-0.4, -0.2) is 44.9 Å². The van der Waals surface area contributed by atoms with Crippen LogP contribution in [0, 0.1) is 12.8 Å². The molecule has 7 nitrogen and oxygen atoms in total. The third-order valence-corrected chi connectivity index (χ3v) is 7.24. The molecule has 0 aliphatic carbocycles. The minimum atomic E-state index is -3.60. The van der Waals surface area contributed by atoms with Crippen molar-refractivity contribution in [3.63, 3.8) is 0 Å². The zero-order valence-electron chi connectivity index (χ0n) is 18.3. The van der Waals surface area contributed by atoms with Crippen LogP contribution in [0.2, 0.25) is 0 Å². The lowest BCUT2D eigenvalue weighted by Crippen LogP contribution is -2.41. The van der Waals surface area contributed by atoms with Crippen molar-refractivity contribution < 1.29 is 22.7 Å². The minimum Gasteiger partial charge on any atom is -0.494 e. The number of aryl methyl sites for hydroxylation is 1. The van der Waals surface area contributed by atoms with Gasteiger partial charge in [0.05, 0.1) is 18.1 Å². The molecule has 1 N–H and O–H groups in total. The molecular weight excluding hydrogens is 416 g/mol. The summed E-state index contributed by atoms with van der Waals surface area (Å²) in [6, 6.07) is 12.2. The maximum atomic E-state index is 13.0. The average Bonchev–Trinajstić information content (AvgIpc) is 2.77. The Bertz CT molecular complexity index is 997. The summed E-state index contributed by atoms with van der Waals surface area (Å²) in [7, 11) is -3.60. The summed E-state index contributed by atoms with van der Waals surface area (Å²) >= 11 is 0. The third-order valence-electron chi connectivity index (χ3n) is 5.34. The molecule has 0 unspecified atom stereocenters. The molecule has 0 radical (unpaired) electrons. The van der Waals surface area contributed by atoms with E-state index in [1.165, 1.54) is 4.31 Å². The molecule has 1 aliphatic heterocycles. The summed E-state index contributed by atoms with van der Waals surface area (Å²) in [5.41, 5.74) is 1.49. The highest BCUT2D eigenvalue weighted by atomic mass is 32.2. The number of nitrogens with one attached hydrogen (secondary N) is 1. The Kier molecular flexibility index (Phi) is 7.56. The summed E-state index contributed by atoms with van der Waals surface area (Å²) in [4.78, 5) is 12.9. The molecule has 0 aromatic heterocycles. The number of nitrogens with zero attached hydrogens (tertiary/aromatic N) is 1. The van der Waals surface area contributed by atoms with Gasteiger partial charge in [0.2, 0.25) is 15.9 Å². The molecule has 0 saturated carbocycles. The van der Waals surface area contributed by atoms with E-state index in [0.717, 1.165) is 11.3 Å². The number of benzene rings is 2. The summed E-state index contributed by atoms with van der Waals surface area (Å²) in [5, 5.41) is 2.92. The van der Waals surface area contributed by atoms with Gasteiger partial charge in [0.25, 0.3) is 0 Å². The molecule has 8 heteroatoms. The molecule has 1 fully saturated rings. The van der Waals surface area contributed by atoms with Crippen LogP contribution >= 0.6 is 0 Å². The molecule has 1 amide bonds. The van der Waals surface area contributed by atoms with Gasteiger partial charge in [-0.15, -0.1) is 0 Å². The van der Waals surface area contributed by atoms with Gasteiger partial charge in [-0.3, -0.25) is 4.79 Å². The molecule has 1 heterocycles. The third kappa shape index (κ3) is 5.57. The van der Waals surface area contributed by atoms with Crippen molar-refractivity contribution in [1.82, 2.24) is 4.31 Å². The van der Waals surface area contributed by atoms with Crippen molar-refractivity contribution in [2.75, 3.05) is 31.6 Å². The molecule has 1 saturated heterocycles.